The lowest BCUT2D eigenvalue weighted by Gasteiger charge is -2.37. The minimum Gasteiger partial charge on any atom is -0.480 e. The van der Waals surface area contributed by atoms with Crippen LogP contribution in [0.25, 0.3) is 10.2 Å². The first kappa shape index (κ1) is 22.3. The quantitative estimate of drug-likeness (QED) is 0.648. The highest BCUT2D eigenvalue weighted by molar-refractivity contribution is 7.20. The van der Waals surface area contributed by atoms with Crippen molar-refractivity contribution < 1.29 is 23.7 Å². The molecule has 2 aliphatic rings. The predicted molar refractivity (Wildman–Crippen MR) is 117 cm³/mol. The van der Waals surface area contributed by atoms with Crippen LogP contribution in [0.3, 0.4) is 0 Å². The lowest BCUT2D eigenvalue weighted by molar-refractivity contribution is 0.00167. The van der Waals surface area contributed by atoms with Gasteiger partial charge in [-0.25, -0.2) is 4.98 Å². The monoisotopic (exact) mass is 450 g/mol. The molecule has 0 bridgehead atoms. The number of ether oxygens (including phenoxy) is 4. The van der Waals surface area contributed by atoms with Crippen LogP contribution in [0.4, 0.5) is 0 Å². The Labute approximate surface area is 186 Å². The molecule has 0 saturated carbocycles. The molecule has 2 saturated heterocycles. The summed E-state index contributed by atoms with van der Waals surface area (Å²) in [7, 11) is 3.17. The molecular weight excluding hydrogens is 420 g/mol. The number of rotatable bonds is 8. The number of aromatic nitrogens is 2. The molecule has 2 fully saturated rings. The zero-order chi connectivity index (χ0) is 21.8. The van der Waals surface area contributed by atoms with Crippen molar-refractivity contribution in [3.05, 3.63) is 16.3 Å². The van der Waals surface area contributed by atoms with Gasteiger partial charge in [-0.1, -0.05) is 0 Å². The van der Waals surface area contributed by atoms with E-state index in [1.807, 2.05) is 6.92 Å². The van der Waals surface area contributed by atoms with E-state index in [1.54, 1.807) is 14.2 Å². The summed E-state index contributed by atoms with van der Waals surface area (Å²) in [6.45, 7) is 7.55. The Morgan fingerprint density at radius 3 is 2.74 bits per heavy atom. The second kappa shape index (κ2) is 10.2. The van der Waals surface area contributed by atoms with E-state index >= 15 is 0 Å². The summed E-state index contributed by atoms with van der Waals surface area (Å²) in [5, 5.41) is 3.96. The fourth-order valence-electron chi connectivity index (χ4n) is 4.34. The molecule has 0 spiro atoms. The molecule has 2 aliphatic heterocycles. The Bertz CT molecular complexity index is 909. The predicted octanol–water partition coefficient (Wildman–Crippen LogP) is 1.62. The normalized spacial score (nSPS) is 20.8. The van der Waals surface area contributed by atoms with Crippen molar-refractivity contribution in [2.45, 2.75) is 26.0 Å². The highest BCUT2D eigenvalue weighted by Gasteiger charge is 2.32. The number of nitrogens with one attached hydrogen (secondary N) is 1. The smallest absolute Gasteiger partial charge is 0.261 e. The largest absolute Gasteiger partial charge is 0.480 e. The Morgan fingerprint density at radius 1 is 1.26 bits per heavy atom. The maximum atomic E-state index is 13.2. The Morgan fingerprint density at radius 2 is 2.06 bits per heavy atom. The molecule has 2 atom stereocenters. The summed E-state index contributed by atoms with van der Waals surface area (Å²) in [6.07, 6.45) is 1.02. The van der Waals surface area contributed by atoms with Gasteiger partial charge in [-0.2, -0.15) is 4.98 Å². The number of fused-ring (bicyclic) bond motifs is 1. The highest BCUT2D eigenvalue weighted by Crippen LogP contribution is 2.35. The summed E-state index contributed by atoms with van der Waals surface area (Å²) >= 11 is 1.36. The Kier molecular flexibility index (Phi) is 7.34. The molecular formula is C21H30N4O5S. The number of hydrogen-bond acceptors (Lipinski definition) is 9. The molecule has 2 unspecified atom stereocenters. The van der Waals surface area contributed by atoms with Crippen molar-refractivity contribution in [3.8, 4) is 5.88 Å². The SMILES string of the molecule is COCc1nc(OC)c2c(C)c(C(=O)NCC(C3CCOC3)N3CCOCC3)sc2n1. The maximum Gasteiger partial charge on any atom is 0.261 e. The third kappa shape index (κ3) is 4.83. The van der Waals surface area contributed by atoms with Gasteiger partial charge < -0.3 is 24.3 Å². The van der Waals surface area contributed by atoms with Gasteiger partial charge in [0.05, 0.1) is 37.2 Å². The molecule has 0 aliphatic carbocycles. The van der Waals surface area contributed by atoms with E-state index < -0.39 is 0 Å². The number of amides is 1. The maximum absolute atomic E-state index is 13.2. The van der Waals surface area contributed by atoms with Crippen LogP contribution in [0.2, 0.25) is 0 Å². The average molecular weight is 451 g/mol. The van der Waals surface area contributed by atoms with E-state index in [4.69, 9.17) is 18.9 Å². The number of carbonyl (C=O) groups excluding carboxylic acids is 1. The first-order valence-electron chi connectivity index (χ1n) is 10.6. The average Bonchev–Trinajstić information content (AvgIpc) is 3.43. The summed E-state index contributed by atoms with van der Waals surface area (Å²) < 4.78 is 21.8. The molecule has 0 aromatic carbocycles. The number of morpholine rings is 1. The van der Waals surface area contributed by atoms with E-state index in [2.05, 4.69) is 20.2 Å². The summed E-state index contributed by atoms with van der Waals surface area (Å²) in [6, 6.07) is 0.243. The van der Waals surface area contributed by atoms with Crippen LogP contribution >= 0.6 is 11.3 Å². The lowest BCUT2D eigenvalue weighted by atomic mass is 9.97. The van der Waals surface area contributed by atoms with Crippen LogP contribution in [-0.4, -0.2) is 87.1 Å². The molecule has 170 valence electrons. The zero-order valence-corrected chi connectivity index (χ0v) is 19.1. The van der Waals surface area contributed by atoms with Crippen molar-refractivity contribution in [1.82, 2.24) is 20.2 Å². The molecule has 31 heavy (non-hydrogen) atoms. The molecule has 0 radical (unpaired) electrons. The molecule has 1 amide bonds. The van der Waals surface area contributed by atoms with Gasteiger partial charge >= 0.3 is 0 Å². The van der Waals surface area contributed by atoms with Crippen molar-refractivity contribution in [2.24, 2.45) is 5.92 Å². The van der Waals surface area contributed by atoms with Gasteiger partial charge in [-0.3, -0.25) is 9.69 Å². The van der Waals surface area contributed by atoms with Crippen molar-refractivity contribution >= 4 is 27.5 Å². The van der Waals surface area contributed by atoms with Gasteiger partial charge in [-0.15, -0.1) is 11.3 Å². The lowest BCUT2D eigenvalue weighted by Crippen LogP contribution is -2.52. The van der Waals surface area contributed by atoms with Crippen LogP contribution in [0.5, 0.6) is 5.88 Å². The van der Waals surface area contributed by atoms with E-state index in [0.29, 0.717) is 29.0 Å². The number of methoxy groups -OCH3 is 2. The van der Waals surface area contributed by atoms with Gasteiger partial charge in [0.25, 0.3) is 5.91 Å². The fraction of sp³-hybridized carbons (Fsp3) is 0.667. The number of carbonyl (C=O) groups is 1. The highest BCUT2D eigenvalue weighted by atomic mass is 32.1. The number of thiophene rings is 1. The van der Waals surface area contributed by atoms with Crippen LogP contribution in [0.1, 0.15) is 27.5 Å². The molecule has 2 aromatic rings. The standard InChI is InChI=1S/C21H30N4O5S/c1-13-17-20(28-3)23-16(12-27-2)24-21(17)31-18(13)19(26)22-10-15(14-4-7-30-11-14)25-5-8-29-9-6-25/h14-15H,4-12H2,1-3H3,(H,22,26). The van der Waals surface area contributed by atoms with Gasteiger partial charge in [-0.05, 0) is 18.9 Å². The topological polar surface area (TPSA) is 95.0 Å². The van der Waals surface area contributed by atoms with Crippen LogP contribution in [-0.2, 0) is 20.8 Å². The van der Waals surface area contributed by atoms with E-state index in [-0.39, 0.29) is 18.6 Å². The molecule has 4 rings (SSSR count). The number of aryl methyl sites for hydroxylation is 1. The van der Waals surface area contributed by atoms with Gasteiger partial charge in [0.2, 0.25) is 5.88 Å². The van der Waals surface area contributed by atoms with Crippen molar-refractivity contribution in [1.29, 1.82) is 0 Å². The third-order valence-electron chi connectivity index (χ3n) is 5.97. The van der Waals surface area contributed by atoms with Crippen LogP contribution < -0.4 is 10.1 Å². The molecule has 9 nitrogen and oxygen atoms in total. The third-order valence-corrected chi connectivity index (χ3v) is 7.16. The van der Waals surface area contributed by atoms with E-state index in [1.165, 1.54) is 11.3 Å². The first-order valence-corrected chi connectivity index (χ1v) is 11.4. The van der Waals surface area contributed by atoms with Crippen molar-refractivity contribution in [3.63, 3.8) is 0 Å². The minimum atomic E-state index is -0.0898. The molecule has 4 heterocycles. The minimum absolute atomic E-state index is 0.0898. The molecule has 1 N–H and O–H groups in total. The number of nitrogens with zero attached hydrogens (tertiary/aromatic N) is 3. The molecule has 2 aromatic heterocycles. The summed E-state index contributed by atoms with van der Waals surface area (Å²) in [5.74, 6) is 1.34. The summed E-state index contributed by atoms with van der Waals surface area (Å²) in [4.78, 5) is 25.9. The number of hydrogen-bond donors (Lipinski definition) is 1. The van der Waals surface area contributed by atoms with Gasteiger partial charge in [0.1, 0.15) is 11.4 Å². The Hall–Kier alpha value is -1.85. The van der Waals surface area contributed by atoms with Gasteiger partial charge in [0, 0.05) is 45.3 Å². The first-order chi connectivity index (χ1) is 15.1. The van der Waals surface area contributed by atoms with Crippen LogP contribution in [0, 0.1) is 12.8 Å². The second-order valence-electron chi connectivity index (χ2n) is 7.87. The molecule has 10 heteroatoms. The van der Waals surface area contributed by atoms with E-state index in [0.717, 1.165) is 61.7 Å². The van der Waals surface area contributed by atoms with E-state index in [9.17, 15) is 4.79 Å². The fourth-order valence-corrected chi connectivity index (χ4v) is 5.45. The van der Waals surface area contributed by atoms with Crippen LogP contribution in [0.15, 0.2) is 0 Å². The zero-order valence-electron chi connectivity index (χ0n) is 18.3. The Balaban J connectivity index is 1.53. The van der Waals surface area contributed by atoms with Gasteiger partial charge in [0.15, 0.2) is 5.82 Å². The second-order valence-corrected chi connectivity index (χ2v) is 8.87. The van der Waals surface area contributed by atoms with Crippen molar-refractivity contribution in [2.75, 3.05) is 60.3 Å². The summed E-state index contributed by atoms with van der Waals surface area (Å²) in [5.41, 5.74) is 0.838.